The van der Waals surface area contributed by atoms with Crippen molar-refractivity contribution in [3.63, 3.8) is 0 Å². The van der Waals surface area contributed by atoms with Crippen molar-refractivity contribution in [3.05, 3.63) is 107 Å². The molecule has 0 saturated carbocycles. The van der Waals surface area contributed by atoms with Gasteiger partial charge in [-0.15, -0.1) is 0 Å². The molecule has 0 aromatic heterocycles. The van der Waals surface area contributed by atoms with Crippen LogP contribution >= 0.6 is 0 Å². The van der Waals surface area contributed by atoms with E-state index in [0.29, 0.717) is 6.42 Å². The first-order chi connectivity index (χ1) is 16.7. The third-order valence-electron chi connectivity index (χ3n) is 5.92. The first kappa shape index (κ1) is 23.1. The van der Waals surface area contributed by atoms with Crippen LogP contribution in [0.15, 0.2) is 78.9 Å². The van der Waals surface area contributed by atoms with Crippen LogP contribution in [0.3, 0.4) is 0 Å². The molecule has 34 heavy (non-hydrogen) atoms. The maximum absolute atomic E-state index is 12.5. The highest BCUT2D eigenvalue weighted by Gasteiger charge is 2.29. The summed E-state index contributed by atoms with van der Waals surface area (Å²) in [5, 5.41) is 2.74. The summed E-state index contributed by atoms with van der Waals surface area (Å²) in [6.07, 6.45) is -0.176. The average Bonchev–Trinajstić information content (AvgIpc) is 3.19. The molecule has 0 fully saturated rings. The number of rotatable bonds is 9. The normalized spacial score (nSPS) is 12.7. The van der Waals surface area contributed by atoms with Crippen LogP contribution in [0.25, 0.3) is 16.0 Å². The van der Waals surface area contributed by atoms with Crippen LogP contribution in [0.5, 0.6) is 0 Å². The van der Waals surface area contributed by atoms with E-state index in [1.54, 1.807) is 0 Å². The van der Waals surface area contributed by atoms with Crippen LogP contribution in [0.1, 0.15) is 35.4 Å². The van der Waals surface area contributed by atoms with E-state index in [4.69, 9.17) is 16.0 Å². The standard InChI is InChI=1S/C28H26N2O4/c1-29-17-21(15-16-27(31)33-18-20-9-3-2-4-10-20)30-28(32)34-19-26-24-13-7-5-11-22(24)23-12-6-8-14-25(23)26/h2-14,21,26H,15-19H2,(H,30,32)/t21-/m0/s1. The highest BCUT2D eigenvalue weighted by Crippen LogP contribution is 2.44. The van der Waals surface area contributed by atoms with Gasteiger partial charge in [-0.25, -0.2) is 11.4 Å². The lowest BCUT2D eigenvalue weighted by Crippen LogP contribution is -2.38. The number of amides is 1. The molecule has 1 amide bonds. The van der Waals surface area contributed by atoms with Crippen molar-refractivity contribution in [3.8, 4) is 11.1 Å². The quantitative estimate of drug-likeness (QED) is 0.350. The number of carbonyl (C=O) groups is 2. The fraction of sp³-hybridized carbons (Fsp3) is 0.250. The molecule has 0 unspecified atom stereocenters. The van der Waals surface area contributed by atoms with Gasteiger partial charge in [0.05, 0.1) is 0 Å². The van der Waals surface area contributed by atoms with E-state index in [1.165, 1.54) is 0 Å². The van der Waals surface area contributed by atoms with Crippen molar-refractivity contribution in [2.24, 2.45) is 0 Å². The second-order valence-electron chi connectivity index (χ2n) is 8.19. The largest absolute Gasteiger partial charge is 0.461 e. The van der Waals surface area contributed by atoms with Gasteiger partial charge in [0.25, 0.3) is 0 Å². The van der Waals surface area contributed by atoms with Gasteiger partial charge in [0.15, 0.2) is 0 Å². The summed E-state index contributed by atoms with van der Waals surface area (Å²) in [6.45, 7) is 7.64. The number of esters is 1. The molecule has 0 aliphatic heterocycles. The average molecular weight is 455 g/mol. The molecule has 6 heteroatoms. The number of fused-ring (bicyclic) bond motifs is 3. The van der Waals surface area contributed by atoms with E-state index < -0.39 is 12.1 Å². The van der Waals surface area contributed by atoms with Crippen LogP contribution in [0.2, 0.25) is 0 Å². The molecular formula is C28H26N2O4. The van der Waals surface area contributed by atoms with Crippen molar-refractivity contribution in [2.45, 2.75) is 31.4 Å². The molecule has 3 aromatic rings. The molecule has 3 aromatic carbocycles. The molecular weight excluding hydrogens is 428 g/mol. The van der Waals surface area contributed by atoms with Gasteiger partial charge in [0.2, 0.25) is 6.54 Å². The van der Waals surface area contributed by atoms with E-state index in [0.717, 1.165) is 27.8 Å². The molecule has 0 spiro atoms. The van der Waals surface area contributed by atoms with Gasteiger partial charge in [0, 0.05) is 12.3 Å². The minimum Gasteiger partial charge on any atom is -0.461 e. The lowest BCUT2D eigenvalue weighted by atomic mass is 9.98. The Hall–Kier alpha value is -4.11. The van der Waals surface area contributed by atoms with Gasteiger partial charge in [-0.1, -0.05) is 78.9 Å². The van der Waals surface area contributed by atoms with E-state index >= 15 is 0 Å². The molecule has 1 aliphatic rings. The van der Waals surface area contributed by atoms with Crippen molar-refractivity contribution in [1.82, 2.24) is 5.32 Å². The van der Waals surface area contributed by atoms with Crippen molar-refractivity contribution >= 4 is 12.1 Å². The Labute approximate surface area is 199 Å². The second kappa shape index (κ2) is 11.2. The zero-order valence-corrected chi connectivity index (χ0v) is 18.8. The summed E-state index contributed by atoms with van der Waals surface area (Å²) < 4.78 is 10.8. The Balaban J connectivity index is 1.28. The summed E-state index contributed by atoms with van der Waals surface area (Å²) in [4.78, 5) is 28.0. The summed E-state index contributed by atoms with van der Waals surface area (Å²) >= 11 is 0. The van der Waals surface area contributed by atoms with Gasteiger partial charge in [-0.05, 0) is 34.2 Å². The molecule has 0 bridgehead atoms. The first-order valence-electron chi connectivity index (χ1n) is 11.3. The Morgan fingerprint density at radius 1 is 0.882 bits per heavy atom. The molecule has 1 atom stereocenters. The van der Waals surface area contributed by atoms with E-state index in [9.17, 15) is 9.59 Å². The van der Waals surface area contributed by atoms with Crippen molar-refractivity contribution in [1.29, 1.82) is 0 Å². The van der Waals surface area contributed by atoms with Crippen LogP contribution in [0, 0.1) is 6.57 Å². The first-order valence-corrected chi connectivity index (χ1v) is 11.3. The minimum atomic E-state index is -0.590. The molecule has 0 radical (unpaired) electrons. The lowest BCUT2D eigenvalue weighted by Gasteiger charge is -2.17. The van der Waals surface area contributed by atoms with Crippen LogP contribution in [-0.2, 0) is 20.9 Å². The number of hydrogen-bond acceptors (Lipinski definition) is 4. The fourth-order valence-corrected chi connectivity index (χ4v) is 4.23. The Kier molecular flexibility index (Phi) is 7.56. The highest BCUT2D eigenvalue weighted by atomic mass is 16.5. The minimum absolute atomic E-state index is 0.0366. The van der Waals surface area contributed by atoms with E-state index in [-0.39, 0.29) is 38.1 Å². The fourth-order valence-electron chi connectivity index (χ4n) is 4.23. The zero-order chi connectivity index (χ0) is 23.8. The Morgan fingerprint density at radius 2 is 1.50 bits per heavy atom. The lowest BCUT2D eigenvalue weighted by molar-refractivity contribution is -0.145. The summed E-state index contributed by atoms with van der Waals surface area (Å²) in [7, 11) is 0. The third kappa shape index (κ3) is 5.62. The number of nitrogens with zero attached hydrogens (tertiary/aromatic N) is 1. The van der Waals surface area contributed by atoms with Crippen LogP contribution in [0.4, 0.5) is 4.79 Å². The highest BCUT2D eigenvalue weighted by molar-refractivity contribution is 5.79. The predicted octanol–water partition coefficient (Wildman–Crippen LogP) is 5.34. The number of alkyl carbamates (subject to hydrolysis) is 1. The molecule has 172 valence electrons. The van der Waals surface area contributed by atoms with E-state index in [1.807, 2.05) is 54.6 Å². The number of carbonyl (C=O) groups excluding carboxylic acids is 2. The monoisotopic (exact) mass is 454 g/mol. The van der Waals surface area contributed by atoms with Crippen LogP contribution in [-0.4, -0.2) is 31.3 Å². The number of benzene rings is 3. The maximum Gasteiger partial charge on any atom is 0.407 e. The smallest absolute Gasteiger partial charge is 0.407 e. The molecule has 1 aliphatic carbocycles. The summed E-state index contributed by atoms with van der Waals surface area (Å²) in [5.74, 6) is -0.404. The van der Waals surface area contributed by atoms with Gasteiger partial charge in [-0.3, -0.25) is 4.79 Å². The molecule has 0 heterocycles. The molecule has 0 saturated heterocycles. The Bertz CT molecular complexity index is 1140. The molecule has 6 nitrogen and oxygen atoms in total. The van der Waals surface area contributed by atoms with Gasteiger partial charge in [-0.2, -0.15) is 0 Å². The zero-order valence-electron chi connectivity index (χ0n) is 18.8. The third-order valence-corrected chi connectivity index (χ3v) is 5.92. The summed E-state index contributed by atoms with van der Waals surface area (Å²) in [5.41, 5.74) is 5.50. The van der Waals surface area contributed by atoms with Crippen molar-refractivity contribution < 1.29 is 19.1 Å². The Morgan fingerprint density at radius 3 is 2.15 bits per heavy atom. The number of nitrogens with one attached hydrogen (secondary N) is 1. The van der Waals surface area contributed by atoms with Gasteiger partial charge >= 0.3 is 12.1 Å². The molecule has 1 N–H and O–H groups in total. The maximum atomic E-state index is 12.5. The van der Waals surface area contributed by atoms with E-state index in [2.05, 4.69) is 34.4 Å². The summed E-state index contributed by atoms with van der Waals surface area (Å²) in [6, 6.07) is 25.2. The van der Waals surface area contributed by atoms with Crippen LogP contribution < -0.4 is 5.32 Å². The van der Waals surface area contributed by atoms with Gasteiger partial charge in [0.1, 0.15) is 19.3 Å². The van der Waals surface area contributed by atoms with Gasteiger partial charge < -0.3 is 19.6 Å². The second-order valence-corrected chi connectivity index (χ2v) is 8.19. The molecule has 4 rings (SSSR count). The SMILES string of the molecule is [C-]#[N+]C[C@H](CCC(=O)OCc1ccccc1)NC(=O)OCC1c2ccccc2-c2ccccc21. The number of ether oxygens (including phenoxy) is 2. The topological polar surface area (TPSA) is 69.0 Å². The number of hydrogen-bond donors (Lipinski definition) is 1. The van der Waals surface area contributed by atoms with Crippen molar-refractivity contribution in [2.75, 3.05) is 13.2 Å². The predicted molar refractivity (Wildman–Crippen MR) is 129 cm³/mol.